The van der Waals surface area contributed by atoms with Gasteiger partial charge in [0.05, 0.1) is 11.8 Å². The quantitative estimate of drug-likeness (QED) is 0.568. The number of carbonyl (C=O) groups is 3. The molecule has 0 saturated carbocycles. The Hall–Kier alpha value is -1.59. The Bertz CT molecular complexity index is 262. The molecular formula is C8H13NO5. The number of carbonyl (C=O) groups excluding carboxylic acids is 1. The molecule has 0 aromatic carbocycles. The number of hydrogen-bond donors (Lipinski definition) is 3. The lowest BCUT2D eigenvalue weighted by molar-refractivity contribution is -0.154. The molecule has 0 aliphatic heterocycles. The van der Waals surface area contributed by atoms with Crippen molar-refractivity contribution < 1.29 is 24.6 Å². The molecular weight excluding hydrogens is 190 g/mol. The lowest BCUT2D eigenvalue weighted by Crippen LogP contribution is -2.41. The minimum Gasteiger partial charge on any atom is -0.481 e. The highest BCUT2D eigenvalue weighted by Gasteiger charge is 2.35. The third-order valence-electron chi connectivity index (χ3n) is 1.79. The molecule has 80 valence electrons. The second-order valence-electron chi connectivity index (χ2n) is 3.35. The molecule has 0 heterocycles. The predicted octanol–water partition coefficient (Wildman–Crippen LogP) is -0.312. The minimum absolute atomic E-state index is 0.191. The Balaban J connectivity index is 4.47. The summed E-state index contributed by atoms with van der Waals surface area (Å²) in [5.41, 5.74) is -1.46. The van der Waals surface area contributed by atoms with Gasteiger partial charge in [-0.3, -0.25) is 14.4 Å². The van der Waals surface area contributed by atoms with Crippen molar-refractivity contribution in [3.05, 3.63) is 0 Å². The van der Waals surface area contributed by atoms with E-state index in [2.05, 4.69) is 5.32 Å². The molecule has 0 aromatic heterocycles. The Morgan fingerprint density at radius 3 is 2.07 bits per heavy atom. The van der Waals surface area contributed by atoms with Gasteiger partial charge in [0, 0.05) is 13.5 Å². The van der Waals surface area contributed by atoms with Crippen LogP contribution in [0.3, 0.4) is 0 Å². The molecule has 1 atom stereocenters. The topological polar surface area (TPSA) is 104 Å². The molecule has 6 heteroatoms. The highest BCUT2D eigenvalue weighted by molar-refractivity contribution is 5.82. The Labute approximate surface area is 80.9 Å². The molecule has 14 heavy (non-hydrogen) atoms. The predicted molar refractivity (Wildman–Crippen MR) is 46.7 cm³/mol. The summed E-state index contributed by atoms with van der Waals surface area (Å²) < 4.78 is 0. The van der Waals surface area contributed by atoms with Gasteiger partial charge in [0.1, 0.15) is 0 Å². The molecule has 0 aliphatic rings. The number of carboxylic acids is 2. The number of hydrogen-bond acceptors (Lipinski definition) is 3. The maximum absolute atomic E-state index is 10.8. The monoisotopic (exact) mass is 203 g/mol. The van der Waals surface area contributed by atoms with Crippen molar-refractivity contribution in [3.8, 4) is 0 Å². The number of rotatable bonds is 5. The summed E-state index contributed by atoms with van der Waals surface area (Å²) in [4.78, 5) is 31.7. The van der Waals surface area contributed by atoms with Crippen molar-refractivity contribution in [1.29, 1.82) is 0 Å². The molecule has 0 saturated heterocycles. The van der Waals surface area contributed by atoms with E-state index in [0.29, 0.717) is 0 Å². The largest absolute Gasteiger partial charge is 0.481 e. The van der Waals surface area contributed by atoms with Crippen LogP contribution in [0, 0.1) is 5.41 Å². The third-order valence-corrected chi connectivity index (χ3v) is 1.79. The lowest BCUT2D eigenvalue weighted by Gasteiger charge is -2.22. The number of amides is 1. The zero-order chi connectivity index (χ0) is 11.4. The number of nitrogens with one attached hydrogen (secondary N) is 1. The fraction of sp³-hybridized carbons (Fsp3) is 0.625. The average Bonchev–Trinajstić information content (AvgIpc) is 1.99. The van der Waals surface area contributed by atoms with Crippen molar-refractivity contribution in [2.75, 3.05) is 6.54 Å². The van der Waals surface area contributed by atoms with Gasteiger partial charge in [-0.1, -0.05) is 0 Å². The fourth-order valence-corrected chi connectivity index (χ4v) is 0.867. The van der Waals surface area contributed by atoms with Gasteiger partial charge in [-0.05, 0) is 6.92 Å². The van der Waals surface area contributed by atoms with Crippen LogP contribution in [0.2, 0.25) is 0 Å². The average molecular weight is 203 g/mol. The van der Waals surface area contributed by atoms with Gasteiger partial charge in [0.25, 0.3) is 0 Å². The summed E-state index contributed by atoms with van der Waals surface area (Å²) in [7, 11) is 0. The molecule has 0 spiro atoms. The van der Waals surface area contributed by atoms with E-state index in [1.807, 2.05) is 0 Å². The first kappa shape index (κ1) is 12.4. The van der Waals surface area contributed by atoms with Gasteiger partial charge in [-0.25, -0.2) is 0 Å². The summed E-state index contributed by atoms with van der Waals surface area (Å²) in [5.74, 6) is -2.84. The van der Waals surface area contributed by atoms with Crippen molar-refractivity contribution in [1.82, 2.24) is 5.32 Å². The van der Waals surface area contributed by atoms with E-state index in [4.69, 9.17) is 10.2 Å². The molecule has 1 unspecified atom stereocenters. The first-order chi connectivity index (χ1) is 6.28. The zero-order valence-electron chi connectivity index (χ0n) is 8.03. The maximum Gasteiger partial charge on any atom is 0.311 e. The van der Waals surface area contributed by atoms with Gasteiger partial charge in [-0.15, -0.1) is 0 Å². The van der Waals surface area contributed by atoms with E-state index in [1.54, 1.807) is 0 Å². The van der Waals surface area contributed by atoms with Crippen molar-refractivity contribution in [2.24, 2.45) is 5.41 Å². The molecule has 0 rings (SSSR count). The molecule has 0 bridgehead atoms. The first-order valence-electron chi connectivity index (χ1n) is 3.97. The van der Waals surface area contributed by atoms with Crippen molar-refractivity contribution in [3.63, 3.8) is 0 Å². The van der Waals surface area contributed by atoms with E-state index in [0.717, 1.165) is 0 Å². The van der Waals surface area contributed by atoms with Gasteiger partial charge < -0.3 is 15.5 Å². The van der Waals surface area contributed by atoms with E-state index < -0.39 is 23.8 Å². The highest BCUT2D eigenvalue weighted by Crippen LogP contribution is 2.20. The van der Waals surface area contributed by atoms with Gasteiger partial charge in [-0.2, -0.15) is 0 Å². The van der Waals surface area contributed by atoms with E-state index in [1.165, 1.54) is 13.8 Å². The molecule has 3 N–H and O–H groups in total. The van der Waals surface area contributed by atoms with Crippen LogP contribution in [0.25, 0.3) is 0 Å². The summed E-state index contributed by atoms with van der Waals surface area (Å²) in [5, 5.41) is 19.6. The SMILES string of the molecule is CC(=O)NCC(C)(CC(=O)O)C(=O)O. The Morgan fingerprint density at radius 2 is 1.79 bits per heavy atom. The third kappa shape index (κ3) is 3.88. The summed E-state index contributed by atoms with van der Waals surface area (Å²) in [6.07, 6.45) is -0.525. The lowest BCUT2D eigenvalue weighted by atomic mass is 9.87. The standard InChI is InChI=1S/C8H13NO5/c1-5(10)9-4-8(2,7(13)14)3-6(11)12/h3-4H2,1-2H3,(H,9,10)(H,11,12)(H,13,14). The smallest absolute Gasteiger partial charge is 0.311 e. The van der Waals surface area contributed by atoms with Crippen LogP contribution in [0.5, 0.6) is 0 Å². The van der Waals surface area contributed by atoms with Crippen LogP contribution in [-0.2, 0) is 14.4 Å². The van der Waals surface area contributed by atoms with E-state index in [-0.39, 0.29) is 12.5 Å². The number of aliphatic carboxylic acids is 2. The summed E-state index contributed by atoms with van der Waals surface area (Å²) in [6, 6.07) is 0. The summed E-state index contributed by atoms with van der Waals surface area (Å²) >= 11 is 0. The second kappa shape index (κ2) is 4.59. The van der Waals surface area contributed by atoms with Crippen molar-refractivity contribution >= 4 is 17.8 Å². The minimum atomic E-state index is -1.46. The maximum atomic E-state index is 10.8. The molecule has 0 aliphatic carbocycles. The van der Waals surface area contributed by atoms with E-state index >= 15 is 0 Å². The normalized spacial score (nSPS) is 14.1. The Morgan fingerprint density at radius 1 is 1.29 bits per heavy atom. The van der Waals surface area contributed by atoms with Crippen LogP contribution >= 0.6 is 0 Å². The van der Waals surface area contributed by atoms with Crippen LogP contribution in [0.1, 0.15) is 20.3 Å². The van der Waals surface area contributed by atoms with Crippen LogP contribution in [0.15, 0.2) is 0 Å². The highest BCUT2D eigenvalue weighted by atomic mass is 16.4. The molecule has 0 aromatic rings. The van der Waals surface area contributed by atoms with Gasteiger partial charge >= 0.3 is 11.9 Å². The molecule has 0 fully saturated rings. The van der Waals surface area contributed by atoms with Gasteiger partial charge in [0.2, 0.25) is 5.91 Å². The van der Waals surface area contributed by atoms with Crippen LogP contribution in [-0.4, -0.2) is 34.6 Å². The fourth-order valence-electron chi connectivity index (χ4n) is 0.867. The van der Waals surface area contributed by atoms with Crippen LogP contribution in [0.4, 0.5) is 0 Å². The summed E-state index contributed by atoms with van der Waals surface area (Å²) in [6.45, 7) is 2.33. The van der Waals surface area contributed by atoms with Crippen molar-refractivity contribution in [2.45, 2.75) is 20.3 Å². The number of carboxylic acid groups (broad SMARTS) is 2. The zero-order valence-corrected chi connectivity index (χ0v) is 8.03. The van der Waals surface area contributed by atoms with Crippen LogP contribution < -0.4 is 5.32 Å². The molecule has 1 amide bonds. The molecule has 6 nitrogen and oxygen atoms in total. The molecule has 0 radical (unpaired) electrons. The van der Waals surface area contributed by atoms with E-state index in [9.17, 15) is 14.4 Å². The van der Waals surface area contributed by atoms with Gasteiger partial charge in [0.15, 0.2) is 0 Å². The second-order valence-corrected chi connectivity index (χ2v) is 3.35. The Kier molecular flexibility index (Phi) is 4.07. The first-order valence-corrected chi connectivity index (χ1v) is 3.97.